The summed E-state index contributed by atoms with van der Waals surface area (Å²) in [7, 11) is 0. The van der Waals surface area contributed by atoms with Crippen molar-refractivity contribution >= 4 is 5.91 Å². The van der Waals surface area contributed by atoms with Gasteiger partial charge in [-0.15, -0.1) is 0 Å². The summed E-state index contributed by atoms with van der Waals surface area (Å²) < 4.78 is 83.1. The van der Waals surface area contributed by atoms with E-state index in [1.807, 2.05) is 6.07 Å². The summed E-state index contributed by atoms with van der Waals surface area (Å²) in [5.41, 5.74) is -5.50. The first-order valence-corrected chi connectivity index (χ1v) is 12.1. The fraction of sp³-hybridized carbons (Fsp3) is 0.481. The third-order valence-corrected chi connectivity index (χ3v) is 6.59. The van der Waals surface area contributed by atoms with Crippen molar-refractivity contribution in [3.05, 3.63) is 59.7 Å². The van der Waals surface area contributed by atoms with Crippen LogP contribution < -0.4 is 10.6 Å². The smallest absolute Gasteiger partial charge is 0.393 e. The molecule has 3 rings (SSSR count). The zero-order valence-electron chi connectivity index (χ0n) is 21.2. The van der Waals surface area contributed by atoms with Crippen LogP contribution in [0.2, 0.25) is 0 Å². The molecule has 0 spiro atoms. The van der Waals surface area contributed by atoms with Crippen LogP contribution in [0.5, 0.6) is 0 Å². The average molecular weight is 558 g/mol. The molecule has 1 fully saturated rings. The number of halogens is 6. The number of hydrogen-bond acceptors (Lipinski definition) is 5. The summed E-state index contributed by atoms with van der Waals surface area (Å²) in [5.74, 6) is -0.905. The van der Waals surface area contributed by atoms with Crippen LogP contribution in [0.4, 0.5) is 26.3 Å². The van der Waals surface area contributed by atoms with Crippen molar-refractivity contribution in [1.82, 2.24) is 10.6 Å². The molecule has 1 amide bonds. The molecule has 2 aromatic rings. The quantitative estimate of drug-likeness (QED) is 0.301. The molecular weight excluding hydrogens is 528 g/mol. The highest BCUT2D eigenvalue weighted by Crippen LogP contribution is 2.37. The van der Waals surface area contributed by atoms with Crippen molar-refractivity contribution in [1.29, 1.82) is 5.26 Å². The number of carbonyl (C=O) groups is 1. The summed E-state index contributed by atoms with van der Waals surface area (Å²) >= 11 is 0. The first-order chi connectivity index (χ1) is 18.0. The van der Waals surface area contributed by atoms with Crippen molar-refractivity contribution in [3.8, 4) is 17.2 Å². The van der Waals surface area contributed by atoms with E-state index in [9.17, 15) is 46.6 Å². The number of carbonyl (C=O) groups excluding carboxylic acids is 1. The summed E-state index contributed by atoms with van der Waals surface area (Å²) in [6.45, 7) is 1.07. The Bertz CT molecular complexity index is 1190. The molecule has 1 aliphatic carbocycles. The molecule has 12 heteroatoms. The number of rotatable bonds is 11. The number of hydrogen-bond donors (Lipinski definition) is 4. The summed E-state index contributed by atoms with van der Waals surface area (Å²) in [6.07, 6.45) is -7.97. The molecule has 0 saturated heterocycles. The highest BCUT2D eigenvalue weighted by atomic mass is 19.4. The second-order valence-corrected chi connectivity index (χ2v) is 10.4. The Morgan fingerprint density at radius 2 is 1.54 bits per heavy atom. The van der Waals surface area contributed by atoms with E-state index < -0.39 is 60.4 Å². The maximum atomic E-state index is 14.5. The topological polar surface area (TPSA) is 105 Å². The standard InChI is InChI=1S/C27H29F6N3O3/c1-24(2,30)13-20(22(38)36-25(14-34)11-12-25)35-21(27(31,32)33)18-5-3-16(4-6-18)17-7-9-19(10-8-17)26(39,15-37)23(28)29/h3-10,20-21,23,35,37,39H,11-13,15H2,1-2H3,(H,36,38)/t20-,21-,26+/m0/s1. The van der Waals surface area contributed by atoms with Crippen LogP contribution in [-0.2, 0) is 10.4 Å². The van der Waals surface area contributed by atoms with Gasteiger partial charge in [-0.2, -0.15) is 18.4 Å². The van der Waals surface area contributed by atoms with Crippen LogP contribution >= 0.6 is 0 Å². The number of amides is 1. The fourth-order valence-corrected chi connectivity index (χ4v) is 4.11. The molecule has 4 N–H and O–H groups in total. The van der Waals surface area contributed by atoms with Crippen molar-refractivity contribution < 1.29 is 41.4 Å². The zero-order chi connectivity index (χ0) is 29.2. The lowest BCUT2D eigenvalue weighted by Crippen LogP contribution is -2.53. The molecule has 0 aliphatic heterocycles. The van der Waals surface area contributed by atoms with E-state index in [1.165, 1.54) is 48.5 Å². The number of benzene rings is 2. The monoisotopic (exact) mass is 557 g/mol. The minimum absolute atomic E-state index is 0.230. The van der Waals surface area contributed by atoms with E-state index in [0.717, 1.165) is 13.8 Å². The lowest BCUT2D eigenvalue weighted by Gasteiger charge is -2.30. The molecular formula is C27H29F6N3O3. The van der Waals surface area contributed by atoms with Crippen LogP contribution in [0, 0.1) is 11.3 Å². The summed E-state index contributed by atoms with van der Waals surface area (Å²) in [6, 6.07) is 8.17. The fourth-order valence-electron chi connectivity index (χ4n) is 4.11. The molecule has 6 nitrogen and oxygen atoms in total. The van der Waals surface area contributed by atoms with Crippen LogP contribution in [0.25, 0.3) is 11.1 Å². The average Bonchev–Trinajstić information content (AvgIpc) is 3.64. The molecule has 1 aliphatic rings. The van der Waals surface area contributed by atoms with Crippen LogP contribution in [0.15, 0.2) is 48.5 Å². The first-order valence-electron chi connectivity index (χ1n) is 12.1. The Morgan fingerprint density at radius 3 is 1.92 bits per heavy atom. The maximum Gasteiger partial charge on any atom is 0.407 e. The van der Waals surface area contributed by atoms with E-state index >= 15 is 0 Å². The van der Waals surface area contributed by atoms with Gasteiger partial charge in [-0.25, -0.2) is 13.2 Å². The van der Waals surface area contributed by atoms with Crippen LogP contribution in [-0.4, -0.2) is 52.6 Å². The molecule has 39 heavy (non-hydrogen) atoms. The number of aliphatic hydroxyl groups is 2. The predicted octanol–water partition coefficient (Wildman–Crippen LogP) is 4.67. The molecule has 1 saturated carbocycles. The number of nitriles is 1. The lowest BCUT2D eigenvalue weighted by molar-refractivity contribution is -0.161. The van der Waals surface area contributed by atoms with E-state index in [-0.39, 0.29) is 11.1 Å². The maximum absolute atomic E-state index is 14.5. The molecule has 3 atom stereocenters. The first kappa shape index (κ1) is 30.4. The van der Waals surface area contributed by atoms with Gasteiger partial charge in [-0.05, 0) is 48.9 Å². The number of nitrogens with zero attached hydrogens (tertiary/aromatic N) is 1. The molecule has 212 valence electrons. The second kappa shape index (κ2) is 11.2. The lowest BCUT2D eigenvalue weighted by atomic mass is 9.92. The van der Waals surface area contributed by atoms with Crippen LogP contribution in [0.1, 0.15) is 50.3 Å². The van der Waals surface area contributed by atoms with E-state index in [4.69, 9.17) is 0 Å². The Labute approximate surface area is 221 Å². The van der Waals surface area contributed by atoms with Crippen molar-refractivity contribution in [2.45, 2.75) is 74.6 Å². The Balaban J connectivity index is 1.85. The molecule has 0 unspecified atom stereocenters. The molecule has 0 radical (unpaired) electrons. The van der Waals surface area contributed by atoms with Crippen LogP contribution in [0.3, 0.4) is 0 Å². The Kier molecular flexibility index (Phi) is 8.69. The highest BCUT2D eigenvalue weighted by molar-refractivity contribution is 5.83. The largest absolute Gasteiger partial charge is 0.407 e. The van der Waals surface area contributed by atoms with Gasteiger partial charge in [0.25, 0.3) is 6.43 Å². The second-order valence-electron chi connectivity index (χ2n) is 10.4. The van der Waals surface area contributed by atoms with E-state index in [1.54, 1.807) is 0 Å². The van der Waals surface area contributed by atoms with Gasteiger partial charge in [0, 0.05) is 6.42 Å². The SMILES string of the molecule is CC(C)(F)C[C@H](N[C@@H](c1ccc(-c2ccc([C@](O)(CO)C(F)F)cc2)cc1)C(F)(F)F)C(=O)NC1(C#N)CC1. The van der Waals surface area contributed by atoms with E-state index in [0.29, 0.717) is 24.0 Å². The van der Waals surface area contributed by atoms with Gasteiger partial charge in [0.1, 0.15) is 17.2 Å². The van der Waals surface area contributed by atoms with Gasteiger partial charge >= 0.3 is 6.18 Å². The van der Waals surface area contributed by atoms with Crippen molar-refractivity contribution in [2.75, 3.05) is 6.61 Å². The summed E-state index contributed by atoms with van der Waals surface area (Å²) in [4.78, 5) is 12.8. The molecule has 0 aromatic heterocycles. The van der Waals surface area contributed by atoms with Crippen molar-refractivity contribution in [2.24, 2.45) is 0 Å². The van der Waals surface area contributed by atoms with Gasteiger partial charge in [-0.1, -0.05) is 48.5 Å². The normalized spacial score (nSPS) is 18.1. The predicted molar refractivity (Wildman–Crippen MR) is 130 cm³/mol. The number of nitrogens with one attached hydrogen (secondary N) is 2. The molecule has 0 heterocycles. The van der Waals surface area contributed by atoms with Gasteiger partial charge < -0.3 is 15.5 Å². The zero-order valence-corrected chi connectivity index (χ0v) is 21.2. The third-order valence-electron chi connectivity index (χ3n) is 6.59. The Hall–Kier alpha value is -3.14. The minimum Gasteiger partial charge on any atom is -0.393 e. The van der Waals surface area contributed by atoms with Gasteiger partial charge in [-0.3, -0.25) is 10.1 Å². The highest BCUT2D eigenvalue weighted by Gasteiger charge is 2.48. The van der Waals surface area contributed by atoms with Gasteiger partial charge in [0.15, 0.2) is 5.60 Å². The molecule has 0 bridgehead atoms. The van der Waals surface area contributed by atoms with Gasteiger partial charge in [0.05, 0.1) is 18.7 Å². The third kappa shape index (κ3) is 7.29. The Morgan fingerprint density at radius 1 is 1.03 bits per heavy atom. The molecule has 2 aromatic carbocycles. The van der Waals surface area contributed by atoms with E-state index in [2.05, 4.69) is 10.6 Å². The number of alkyl halides is 6. The summed E-state index contributed by atoms with van der Waals surface area (Å²) in [5, 5.41) is 33.1. The van der Waals surface area contributed by atoms with Gasteiger partial charge in [0.2, 0.25) is 5.91 Å². The minimum atomic E-state index is -4.86. The van der Waals surface area contributed by atoms with Crippen molar-refractivity contribution in [3.63, 3.8) is 0 Å². The number of aliphatic hydroxyl groups excluding tert-OH is 1.